The van der Waals surface area contributed by atoms with Crippen molar-refractivity contribution in [3.8, 4) is 11.5 Å². The number of hydrazone groups is 1. The van der Waals surface area contributed by atoms with Crippen LogP contribution in [0.1, 0.15) is 32.8 Å². The Morgan fingerprint density at radius 3 is 2.54 bits per heavy atom. The van der Waals surface area contributed by atoms with Crippen LogP contribution < -0.4 is 14.5 Å². The van der Waals surface area contributed by atoms with Crippen molar-refractivity contribution >= 4 is 23.4 Å². The highest BCUT2D eigenvalue weighted by molar-refractivity contribution is 6.32. The van der Waals surface area contributed by atoms with Crippen LogP contribution in [0.15, 0.2) is 59.2 Å². The molecule has 0 aromatic heterocycles. The van der Waals surface area contributed by atoms with Gasteiger partial charge in [-0.25, -0.2) is 0 Å². The number of para-hydroxylation sites is 1. The quantitative estimate of drug-likeness (QED) is 0.642. The largest absolute Gasteiger partial charge is 0.493 e. The number of rotatable bonds is 7. The number of nitrogens with zero attached hydrogens (tertiary/aromatic N) is 2. The Morgan fingerprint density at radius 1 is 1.11 bits per heavy atom. The molecule has 2 aromatic rings. The molecule has 5 nitrogen and oxygen atoms in total. The Balaban J connectivity index is 1.81. The van der Waals surface area contributed by atoms with Gasteiger partial charge in [0.25, 0.3) is 5.91 Å². The molecule has 0 aliphatic carbocycles. The first-order chi connectivity index (χ1) is 13.5. The van der Waals surface area contributed by atoms with E-state index in [1.165, 1.54) is 5.01 Å². The van der Waals surface area contributed by atoms with Gasteiger partial charge in [0.15, 0.2) is 11.5 Å². The molecular formula is C23H26N2O3. The van der Waals surface area contributed by atoms with E-state index < -0.39 is 0 Å². The van der Waals surface area contributed by atoms with E-state index in [0.717, 1.165) is 17.7 Å². The lowest BCUT2D eigenvalue weighted by Crippen LogP contribution is -2.21. The fourth-order valence-corrected chi connectivity index (χ4v) is 2.89. The van der Waals surface area contributed by atoms with Crippen LogP contribution in [0.2, 0.25) is 0 Å². The van der Waals surface area contributed by atoms with Crippen LogP contribution in [0.25, 0.3) is 6.08 Å². The van der Waals surface area contributed by atoms with Crippen molar-refractivity contribution in [1.29, 1.82) is 0 Å². The average molecular weight is 378 g/mol. The van der Waals surface area contributed by atoms with Crippen molar-refractivity contribution in [2.24, 2.45) is 11.0 Å². The summed E-state index contributed by atoms with van der Waals surface area (Å²) in [4.78, 5) is 12.8. The highest BCUT2D eigenvalue weighted by atomic mass is 16.5. The molecule has 5 heteroatoms. The molecule has 1 aliphatic rings. The molecule has 1 heterocycles. The molecule has 146 valence electrons. The summed E-state index contributed by atoms with van der Waals surface area (Å²) in [7, 11) is 1.62. The van der Waals surface area contributed by atoms with Gasteiger partial charge in [0, 0.05) is 0 Å². The smallest absolute Gasteiger partial charge is 0.280 e. The molecule has 0 unspecified atom stereocenters. The first-order valence-corrected chi connectivity index (χ1v) is 9.47. The molecule has 0 saturated heterocycles. The minimum Gasteiger partial charge on any atom is -0.493 e. The minimum absolute atomic E-state index is 0.139. The zero-order valence-electron chi connectivity index (χ0n) is 16.8. The Bertz CT molecular complexity index is 901. The van der Waals surface area contributed by atoms with E-state index >= 15 is 0 Å². The van der Waals surface area contributed by atoms with Gasteiger partial charge in [0.1, 0.15) is 0 Å². The summed E-state index contributed by atoms with van der Waals surface area (Å²) < 4.78 is 11.3. The molecule has 0 N–H and O–H groups in total. The average Bonchev–Trinajstić information content (AvgIpc) is 2.97. The molecule has 0 spiro atoms. The molecular weight excluding hydrogens is 352 g/mol. The second kappa shape index (κ2) is 8.74. The highest BCUT2D eigenvalue weighted by Crippen LogP contribution is 2.31. The number of hydrogen-bond donors (Lipinski definition) is 0. The summed E-state index contributed by atoms with van der Waals surface area (Å²) in [6.45, 7) is 6.81. The molecule has 0 radical (unpaired) electrons. The SMILES string of the molecule is COc1cc(/C=C2\C(=O)N(c3ccccc3)N=C2C)ccc1OCCC(C)C. The molecule has 0 atom stereocenters. The Morgan fingerprint density at radius 2 is 1.86 bits per heavy atom. The summed E-state index contributed by atoms with van der Waals surface area (Å²) in [5, 5.41) is 5.84. The van der Waals surface area contributed by atoms with Crippen LogP contribution in [0.4, 0.5) is 5.69 Å². The van der Waals surface area contributed by atoms with Crippen LogP contribution >= 0.6 is 0 Å². The predicted octanol–water partition coefficient (Wildman–Crippen LogP) is 4.93. The Kier molecular flexibility index (Phi) is 6.14. The highest BCUT2D eigenvalue weighted by Gasteiger charge is 2.28. The lowest BCUT2D eigenvalue weighted by molar-refractivity contribution is -0.114. The summed E-state index contributed by atoms with van der Waals surface area (Å²) in [6, 6.07) is 15.1. The number of amides is 1. The van der Waals surface area contributed by atoms with Crippen LogP contribution in [0, 0.1) is 5.92 Å². The third-order valence-corrected chi connectivity index (χ3v) is 4.51. The van der Waals surface area contributed by atoms with E-state index in [4.69, 9.17) is 9.47 Å². The van der Waals surface area contributed by atoms with Crippen molar-refractivity contribution in [3.05, 3.63) is 59.7 Å². The van der Waals surface area contributed by atoms with Gasteiger partial charge in [0.2, 0.25) is 0 Å². The molecule has 1 amide bonds. The maximum absolute atomic E-state index is 12.8. The van der Waals surface area contributed by atoms with Gasteiger partial charge < -0.3 is 9.47 Å². The topological polar surface area (TPSA) is 51.1 Å². The molecule has 0 fully saturated rings. The van der Waals surface area contributed by atoms with E-state index in [2.05, 4.69) is 18.9 Å². The molecule has 2 aromatic carbocycles. The summed E-state index contributed by atoms with van der Waals surface area (Å²) in [5.41, 5.74) is 2.87. The third kappa shape index (κ3) is 4.42. The zero-order chi connectivity index (χ0) is 20.1. The predicted molar refractivity (Wildman–Crippen MR) is 113 cm³/mol. The van der Waals surface area contributed by atoms with Gasteiger partial charge >= 0.3 is 0 Å². The summed E-state index contributed by atoms with van der Waals surface area (Å²) in [5.74, 6) is 1.80. The molecule has 0 bridgehead atoms. The lowest BCUT2D eigenvalue weighted by atomic mass is 10.1. The monoisotopic (exact) mass is 378 g/mol. The maximum atomic E-state index is 12.8. The fourth-order valence-electron chi connectivity index (χ4n) is 2.89. The maximum Gasteiger partial charge on any atom is 0.280 e. The number of ether oxygens (including phenoxy) is 2. The normalized spacial score (nSPS) is 15.3. The standard InChI is InChI=1S/C23H26N2O3/c1-16(2)12-13-28-21-11-10-18(15-22(21)27-4)14-20-17(3)24-25(23(20)26)19-8-6-5-7-9-19/h5-11,14-16H,12-13H2,1-4H3/b20-14-. The van der Waals surface area contributed by atoms with E-state index in [-0.39, 0.29) is 5.91 Å². The van der Waals surface area contributed by atoms with E-state index in [1.54, 1.807) is 7.11 Å². The number of anilines is 1. The van der Waals surface area contributed by atoms with Gasteiger partial charge in [-0.3, -0.25) is 4.79 Å². The van der Waals surface area contributed by atoms with Crippen molar-refractivity contribution in [3.63, 3.8) is 0 Å². The minimum atomic E-state index is -0.139. The van der Waals surface area contributed by atoms with Gasteiger partial charge in [0.05, 0.1) is 30.7 Å². The molecule has 28 heavy (non-hydrogen) atoms. The lowest BCUT2D eigenvalue weighted by Gasteiger charge is -2.13. The van der Waals surface area contributed by atoms with E-state index in [0.29, 0.717) is 35.3 Å². The van der Waals surface area contributed by atoms with Crippen LogP contribution in [-0.2, 0) is 4.79 Å². The van der Waals surface area contributed by atoms with E-state index in [9.17, 15) is 4.79 Å². The number of hydrogen-bond acceptors (Lipinski definition) is 4. The first kappa shape index (κ1) is 19.7. The van der Waals surface area contributed by atoms with Crippen LogP contribution in [-0.4, -0.2) is 25.3 Å². The van der Waals surface area contributed by atoms with Crippen molar-refractivity contribution in [2.45, 2.75) is 27.2 Å². The van der Waals surface area contributed by atoms with Gasteiger partial charge in [-0.15, -0.1) is 0 Å². The number of carbonyl (C=O) groups is 1. The van der Waals surface area contributed by atoms with Crippen molar-refractivity contribution in [1.82, 2.24) is 0 Å². The van der Waals surface area contributed by atoms with Crippen molar-refractivity contribution < 1.29 is 14.3 Å². The second-order valence-electron chi connectivity index (χ2n) is 7.14. The summed E-state index contributed by atoms with van der Waals surface area (Å²) in [6.07, 6.45) is 2.82. The van der Waals surface area contributed by atoms with Gasteiger partial charge in [-0.05, 0) is 55.2 Å². The second-order valence-corrected chi connectivity index (χ2v) is 7.14. The fraction of sp³-hybridized carbons (Fsp3) is 0.304. The third-order valence-electron chi connectivity index (χ3n) is 4.51. The van der Waals surface area contributed by atoms with E-state index in [1.807, 2.05) is 61.5 Å². The van der Waals surface area contributed by atoms with Crippen LogP contribution in [0.5, 0.6) is 11.5 Å². The van der Waals surface area contributed by atoms with Crippen molar-refractivity contribution in [2.75, 3.05) is 18.7 Å². The van der Waals surface area contributed by atoms with Gasteiger partial charge in [-0.2, -0.15) is 10.1 Å². The molecule has 3 rings (SSSR count). The first-order valence-electron chi connectivity index (χ1n) is 9.47. The summed E-state index contributed by atoms with van der Waals surface area (Å²) >= 11 is 0. The Labute approximate surface area is 166 Å². The number of carbonyl (C=O) groups excluding carboxylic acids is 1. The van der Waals surface area contributed by atoms with Crippen LogP contribution in [0.3, 0.4) is 0 Å². The molecule has 0 saturated carbocycles. The number of benzene rings is 2. The zero-order valence-corrected chi connectivity index (χ0v) is 16.8. The number of methoxy groups -OCH3 is 1. The van der Waals surface area contributed by atoms with Gasteiger partial charge in [-0.1, -0.05) is 38.1 Å². The molecule has 1 aliphatic heterocycles. The Hall–Kier alpha value is -3.08.